The van der Waals surface area contributed by atoms with Gasteiger partial charge >= 0.3 is 0 Å². The predicted octanol–water partition coefficient (Wildman–Crippen LogP) is 6.82. The molecule has 1 heterocycles. The Morgan fingerprint density at radius 1 is 0.760 bits per heavy atom. The van der Waals surface area contributed by atoms with E-state index in [0.29, 0.717) is 5.91 Å². The Kier molecular flexibility index (Phi) is 12.8. The van der Waals surface area contributed by atoms with Gasteiger partial charge in [0.1, 0.15) is 4.75 Å². The molecule has 1 atom stereocenters. The van der Waals surface area contributed by atoms with Gasteiger partial charge in [0.15, 0.2) is 0 Å². The van der Waals surface area contributed by atoms with Gasteiger partial charge in [-0.05, 0) is 20.3 Å². The Balaban J connectivity index is 1.91. The number of hydrogen-bond acceptors (Lipinski definition) is 2. The molecule has 0 aromatic carbocycles. The lowest BCUT2D eigenvalue weighted by atomic mass is 9.99. The van der Waals surface area contributed by atoms with Gasteiger partial charge in [0, 0.05) is 18.8 Å². The zero-order chi connectivity index (χ0) is 18.4. The first-order valence-electron chi connectivity index (χ1n) is 11.1. The van der Waals surface area contributed by atoms with Crippen molar-refractivity contribution in [3.63, 3.8) is 0 Å². The summed E-state index contributed by atoms with van der Waals surface area (Å²) in [4.78, 5) is 14.6. The Bertz CT molecular complexity index is 337. The lowest BCUT2D eigenvalue weighted by Crippen LogP contribution is -2.40. The van der Waals surface area contributed by atoms with Gasteiger partial charge in [-0.1, -0.05) is 90.4 Å². The molecule has 0 aromatic rings. The lowest BCUT2D eigenvalue weighted by molar-refractivity contribution is -0.132. The SMILES string of the molecule is CCCCCCCCCCCCCCCC1(C(=O)N(CC)CC)CS1. The number of thioether (sulfide) groups is 1. The number of carbonyl (C=O) groups excluding carboxylic acids is 1. The van der Waals surface area contributed by atoms with Crippen LogP contribution in [0.1, 0.15) is 111 Å². The molecule has 1 unspecified atom stereocenters. The van der Waals surface area contributed by atoms with E-state index in [-0.39, 0.29) is 4.75 Å². The molecule has 3 heteroatoms. The van der Waals surface area contributed by atoms with E-state index in [1.165, 1.54) is 83.5 Å². The highest BCUT2D eigenvalue weighted by Crippen LogP contribution is 2.50. The minimum atomic E-state index is -0.0240. The fraction of sp³-hybridized carbons (Fsp3) is 0.955. The van der Waals surface area contributed by atoms with Crippen LogP contribution in [-0.2, 0) is 4.79 Å². The minimum absolute atomic E-state index is 0.0240. The Hall–Kier alpha value is -0.180. The maximum atomic E-state index is 12.5. The number of hydrogen-bond donors (Lipinski definition) is 0. The van der Waals surface area contributed by atoms with E-state index in [4.69, 9.17) is 0 Å². The summed E-state index contributed by atoms with van der Waals surface area (Å²) in [5.74, 6) is 1.46. The molecule has 2 nitrogen and oxygen atoms in total. The molecule has 1 saturated heterocycles. The summed E-state index contributed by atoms with van der Waals surface area (Å²) in [5, 5.41) is 0. The predicted molar refractivity (Wildman–Crippen MR) is 113 cm³/mol. The third kappa shape index (κ3) is 9.35. The molecule has 25 heavy (non-hydrogen) atoms. The van der Waals surface area contributed by atoms with Crippen molar-refractivity contribution < 1.29 is 4.79 Å². The highest BCUT2D eigenvalue weighted by Gasteiger charge is 2.51. The van der Waals surface area contributed by atoms with Crippen molar-refractivity contribution >= 4 is 17.7 Å². The third-order valence-electron chi connectivity index (χ3n) is 5.62. The molecule has 0 N–H and O–H groups in total. The molecule has 0 aromatic heterocycles. The first-order chi connectivity index (χ1) is 12.2. The molecule has 0 saturated carbocycles. The zero-order valence-electron chi connectivity index (χ0n) is 17.3. The van der Waals surface area contributed by atoms with Crippen molar-refractivity contribution in [3.05, 3.63) is 0 Å². The van der Waals surface area contributed by atoms with Gasteiger partial charge in [-0.2, -0.15) is 0 Å². The van der Waals surface area contributed by atoms with Crippen LogP contribution in [0.15, 0.2) is 0 Å². The molecule has 0 bridgehead atoms. The summed E-state index contributed by atoms with van der Waals surface area (Å²) in [7, 11) is 0. The van der Waals surface area contributed by atoms with Crippen LogP contribution in [0.4, 0.5) is 0 Å². The van der Waals surface area contributed by atoms with Crippen LogP contribution in [0, 0.1) is 0 Å². The van der Waals surface area contributed by atoms with Crippen molar-refractivity contribution in [2.75, 3.05) is 18.8 Å². The standard InChI is InChI=1S/C22H43NOS/c1-4-7-8-9-10-11-12-13-14-15-16-17-18-19-22(20-25-22)21(24)23(5-2)6-3/h4-20H2,1-3H3. The topological polar surface area (TPSA) is 20.3 Å². The fourth-order valence-corrected chi connectivity index (χ4v) is 4.67. The van der Waals surface area contributed by atoms with Gasteiger partial charge < -0.3 is 4.90 Å². The number of nitrogens with zero attached hydrogens (tertiary/aromatic N) is 1. The van der Waals surface area contributed by atoms with Crippen LogP contribution in [0.25, 0.3) is 0 Å². The molecular weight excluding hydrogens is 326 g/mol. The number of unbranched alkanes of at least 4 members (excludes halogenated alkanes) is 12. The van der Waals surface area contributed by atoms with E-state index in [2.05, 4.69) is 20.8 Å². The highest BCUT2D eigenvalue weighted by molar-refractivity contribution is 8.08. The van der Waals surface area contributed by atoms with Gasteiger partial charge in [0.05, 0.1) is 0 Å². The van der Waals surface area contributed by atoms with Crippen molar-refractivity contribution in [3.8, 4) is 0 Å². The minimum Gasteiger partial charge on any atom is -0.342 e. The molecule has 1 aliphatic rings. The maximum Gasteiger partial charge on any atom is 0.239 e. The van der Waals surface area contributed by atoms with E-state index >= 15 is 0 Å². The maximum absolute atomic E-state index is 12.5. The fourth-order valence-electron chi connectivity index (χ4n) is 3.69. The number of amides is 1. The van der Waals surface area contributed by atoms with Crippen molar-refractivity contribution in [1.29, 1.82) is 0 Å². The second kappa shape index (κ2) is 13.9. The monoisotopic (exact) mass is 369 g/mol. The van der Waals surface area contributed by atoms with Crippen LogP contribution < -0.4 is 0 Å². The summed E-state index contributed by atoms with van der Waals surface area (Å²) < 4.78 is -0.0240. The second-order valence-corrected chi connectivity index (χ2v) is 9.11. The normalized spacial score (nSPS) is 19.2. The summed E-state index contributed by atoms with van der Waals surface area (Å²) in [6, 6.07) is 0. The van der Waals surface area contributed by atoms with Crippen LogP contribution in [-0.4, -0.2) is 34.4 Å². The Morgan fingerprint density at radius 2 is 1.16 bits per heavy atom. The zero-order valence-corrected chi connectivity index (χ0v) is 18.1. The quantitative estimate of drug-likeness (QED) is 0.207. The summed E-state index contributed by atoms with van der Waals surface area (Å²) in [6.45, 7) is 8.18. The van der Waals surface area contributed by atoms with Crippen molar-refractivity contribution in [2.45, 2.75) is 115 Å². The summed E-state index contributed by atoms with van der Waals surface area (Å²) in [5.41, 5.74) is 0. The largest absolute Gasteiger partial charge is 0.342 e. The molecule has 0 aliphatic carbocycles. The van der Waals surface area contributed by atoms with E-state index in [1.807, 2.05) is 16.7 Å². The van der Waals surface area contributed by atoms with Crippen LogP contribution in [0.3, 0.4) is 0 Å². The molecular formula is C22H43NOS. The van der Waals surface area contributed by atoms with Crippen molar-refractivity contribution in [2.24, 2.45) is 0 Å². The van der Waals surface area contributed by atoms with Crippen LogP contribution >= 0.6 is 11.8 Å². The summed E-state index contributed by atoms with van der Waals surface area (Å²) >= 11 is 1.88. The number of rotatable bonds is 17. The van der Waals surface area contributed by atoms with Crippen molar-refractivity contribution in [1.82, 2.24) is 4.90 Å². The van der Waals surface area contributed by atoms with Crippen LogP contribution in [0.2, 0.25) is 0 Å². The smallest absolute Gasteiger partial charge is 0.239 e. The molecule has 1 aliphatic heterocycles. The Morgan fingerprint density at radius 3 is 1.52 bits per heavy atom. The first kappa shape index (κ1) is 22.9. The van der Waals surface area contributed by atoms with E-state index in [9.17, 15) is 4.79 Å². The average Bonchev–Trinajstić information content (AvgIpc) is 3.41. The Labute approximate surface area is 161 Å². The average molecular weight is 370 g/mol. The molecule has 1 rings (SSSR count). The van der Waals surface area contributed by atoms with Gasteiger partial charge in [-0.25, -0.2) is 0 Å². The first-order valence-corrected chi connectivity index (χ1v) is 12.1. The number of carbonyl (C=O) groups is 1. The van der Waals surface area contributed by atoms with E-state index < -0.39 is 0 Å². The molecule has 148 valence electrons. The second-order valence-electron chi connectivity index (χ2n) is 7.75. The molecule has 0 radical (unpaired) electrons. The highest BCUT2D eigenvalue weighted by atomic mass is 32.2. The van der Waals surface area contributed by atoms with Gasteiger partial charge in [-0.15, -0.1) is 11.8 Å². The van der Waals surface area contributed by atoms with Gasteiger partial charge in [0.2, 0.25) is 5.91 Å². The third-order valence-corrected chi connectivity index (χ3v) is 6.98. The van der Waals surface area contributed by atoms with Gasteiger partial charge in [0.25, 0.3) is 0 Å². The van der Waals surface area contributed by atoms with Crippen LogP contribution in [0.5, 0.6) is 0 Å². The molecule has 1 amide bonds. The summed E-state index contributed by atoms with van der Waals surface area (Å²) in [6.07, 6.45) is 19.2. The molecule has 1 fully saturated rings. The van der Waals surface area contributed by atoms with Gasteiger partial charge in [-0.3, -0.25) is 4.79 Å². The lowest BCUT2D eigenvalue weighted by Gasteiger charge is -2.23. The molecule has 0 spiro atoms. The van der Waals surface area contributed by atoms with E-state index in [0.717, 1.165) is 25.3 Å². The van der Waals surface area contributed by atoms with E-state index in [1.54, 1.807) is 0 Å².